The second kappa shape index (κ2) is 6.34. The highest BCUT2D eigenvalue weighted by molar-refractivity contribution is 7.15. The van der Waals surface area contributed by atoms with Gasteiger partial charge in [-0.05, 0) is 42.8 Å². The lowest BCUT2D eigenvalue weighted by Gasteiger charge is -2.09. The standard InChI is InChI=1S/C18H15N5OS/c1-9-16(25-10(2)22-9)15-13(8-19)6-4-11-3-5-12(7-14(11)15)17(24)23-18(20)21/h3-7H,1-2H3,(H4,20,21,23,24). The molecule has 7 heteroatoms. The van der Waals surface area contributed by atoms with Crippen molar-refractivity contribution in [3.8, 4) is 16.5 Å². The molecule has 6 nitrogen and oxygen atoms in total. The highest BCUT2D eigenvalue weighted by atomic mass is 32.1. The number of rotatable bonds is 2. The first kappa shape index (κ1) is 16.6. The Labute approximate surface area is 148 Å². The molecule has 0 aliphatic rings. The summed E-state index contributed by atoms with van der Waals surface area (Å²) < 4.78 is 0. The minimum absolute atomic E-state index is 0.287. The Morgan fingerprint density at radius 2 is 1.96 bits per heavy atom. The maximum Gasteiger partial charge on any atom is 0.280 e. The van der Waals surface area contributed by atoms with E-state index < -0.39 is 5.91 Å². The molecule has 1 aromatic heterocycles. The molecule has 25 heavy (non-hydrogen) atoms. The molecule has 0 fully saturated rings. The molecule has 0 aliphatic carbocycles. The van der Waals surface area contributed by atoms with Gasteiger partial charge in [0.2, 0.25) is 0 Å². The Hall–Kier alpha value is -3.24. The van der Waals surface area contributed by atoms with Crippen molar-refractivity contribution in [1.82, 2.24) is 4.98 Å². The molecule has 0 atom stereocenters. The van der Waals surface area contributed by atoms with E-state index in [1.807, 2.05) is 26.0 Å². The van der Waals surface area contributed by atoms with Crippen LogP contribution in [0.5, 0.6) is 0 Å². The third kappa shape index (κ3) is 3.07. The van der Waals surface area contributed by atoms with Gasteiger partial charge in [0.15, 0.2) is 5.96 Å². The molecule has 3 aromatic rings. The van der Waals surface area contributed by atoms with Crippen molar-refractivity contribution in [3.63, 3.8) is 0 Å². The molecule has 0 saturated heterocycles. The number of nitriles is 1. The van der Waals surface area contributed by atoms with E-state index in [-0.39, 0.29) is 5.96 Å². The lowest BCUT2D eigenvalue weighted by Crippen LogP contribution is -2.24. The van der Waals surface area contributed by atoms with E-state index >= 15 is 0 Å². The summed E-state index contributed by atoms with van der Waals surface area (Å²) >= 11 is 1.52. The van der Waals surface area contributed by atoms with Gasteiger partial charge in [-0.3, -0.25) is 4.79 Å². The highest BCUT2D eigenvalue weighted by Crippen LogP contribution is 2.38. The number of carbonyl (C=O) groups excluding carboxylic acids is 1. The summed E-state index contributed by atoms with van der Waals surface area (Å²) in [5.41, 5.74) is 13.1. The van der Waals surface area contributed by atoms with Crippen molar-refractivity contribution < 1.29 is 4.79 Å². The Morgan fingerprint density at radius 1 is 1.24 bits per heavy atom. The minimum atomic E-state index is -0.521. The summed E-state index contributed by atoms with van der Waals surface area (Å²) in [7, 11) is 0. The molecule has 0 unspecified atom stereocenters. The maximum absolute atomic E-state index is 12.1. The first-order valence-electron chi connectivity index (χ1n) is 7.46. The number of hydrogen-bond donors (Lipinski definition) is 2. The fourth-order valence-corrected chi connectivity index (χ4v) is 3.73. The van der Waals surface area contributed by atoms with E-state index in [0.717, 1.165) is 31.9 Å². The lowest BCUT2D eigenvalue weighted by molar-refractivity contribution is 0.100. The number of guanidine groups is 1. The van der Waals surface area contributed by atoms with Crippen LogP contribution in [0, 0.1) is 25.2 Å². The Bertz CT molecular complexity index is 1070. The van der Waals surface area contributed by atoms with Crippen LogP contribution in [-0.2, 0) is 0 Å². The largest absolute Gasteiger partial charge is 0.370 e. The number of benzene rings is 2. The fourth-order valence-electron chi connectivity index (χ4n) is 2.74. The number of fused-ring (bicyclic) bond motifs is 1. The molecular formula is C18H15N5OS. The topological polar surface area (TPSA) is 118 Å². The molecule has 0 radical (unpaired) electrons. The number of aryl methyl sites for hydroxylation is 2. The zero-order valence-corrected chi connectivity index (χ0v) is 14.5. The molecule has 1 heterocycles. The second-order valence-corrected chi connectivity index (χ2v) is 6.73. The van der Waals surface area contributed by atoms with Gasteiger partial charge in [0.25, 0.3) is 5.91 Å². The van der Waals surface area contributed by atoms with Crippen LogP contribution < -0.4 is 11.5 Å². The number of hydrogen-bond acceptors (Lipinski definition) is 4. The summed E-state index contributed by atoms with van der Waals surface area (Å²) in [6.07, 6.45) is 0. The quantitative estimate of drug-likeness (QED) is 0.545. The molecule has 0 bridgehead atoms. The summed E-state index contributed by atoms with van der Waals surface area (Å²) in [5, 5.41) is 12.2. The van der Waals surface area contributed by atoms with Crippen LogP contribution in [0.3, 0.4) is 0 Å². The third-order valence-electron chi connectivity index (χ3n) is 3.75. The minimum Gasteiger partial charge on any atom is -0.370 e. The van der Waals surface area contributed by atoms with Crippen LogP contribution >= 0.6 is 11.3 Å². The van der Waals surface area contributed by atoms with E-state index in [1.165, 1.54) is 11.3 Å². The fraction of sp³-hybridized carbons (Fsp3) is 0.111. The van der Waals surface area contributed by atoms with E-state index in [1.54, 1.807) is 18.2 Å². The zero-order chi connectivity index (χ0) is 18.1. The van der Waals surface area contributed by atoms with Crippen LogP contribution in [0.15, 0.2) is 35.3 Å². The number of amides is 1. The monoisotopic (exact) mass is 349 g/mol. The summed E-state index contributed by atoms with van der Waals surface area (Å²) in [4.78, 5) is 21.1. The van der Waals surface area contributed by atoms with Crippen LogP contribution in [0.1, 0.15) is 26.6 Å². The normalized spacial score (nSPS) is 10.4. The molecule has 0 saturated carbocycles. The van der Waals surface area contributed by atoms with Gasteiger partial charge < -0.3 is 11.5 Å². The van der Waals surface area contributed by atoms with E-state index in [0.29, 0.717) is 11.1 Å². The number of thiazole rings is 1. The summed E-state index contributed by atoms with van der Waals surface area (Å²) in [5.74, 6) is -0.808. The Kier molecular flexibility index (Phi) is 4.21. The number of nitrogens with two attached hydrogens (primary N) is 2. The van der Waals surface area contributed by atoms with Crippen LogP contribution in [0.4, 0.5) is 0 Å². The van der Waals surface area contributed by atoms with Gasteiger partial charge in [0.05, 0.1) is 27.2 Å². The van der Waals surface area contributed by atoms with Gasteiger partial charge in [0.1, 0.15) is 0 Å². The average Bonchev–Trinajstić information content (AvgIpc) is 2.90. The SMILES string of the molecule is Cc1nc(C)c(-c2c(C#N)ccc3ccc(C(=O)N=C(N)N)cc23)s1. The molecular weight excluding hydrogens is 334 g/mol. The van der Waals surface area contributed by atoms with Crippen molar-refractivity contribution in [3.05, 3.63) is 52.2 Å². The zero-order valence-electron chi connectivity index (χ0n) is 13.7. The number of aliphatic imine (C=N–C) groups is 1. The van der Waals surface area contributed by atoms with E-state index in [2.05, 4.69) is 16.0 Å². The average molecular weight is 349 g/mol. The van der Waals surface area contributed by atoms with E-state index in [9.17, 15) is 10.1 Å². The van der Waals surface area contributed by atoms with Gasteiger partial charge in [0, 0.05) is 11.1 Å². The van der Waals surface area contributed by atoms with Gasteiger partial charge >= 0.3 is 0 Å². The van der Waals surface area contributed by atoms with Crippen LogP contribution in [0.25, 0.3) is 21.2 Å². The predicted octanol–water partition coefficient (Wildman–Crippen LogP) is 2.87. The Morgan fingerprint density at radius 3 is 2.56 bits per heavy atom. The van der Waals surface area contributed by atoms with Crippen molar-refractivity contribution >= 4 is 34.0 Å². The highest BCUT2D eigenvalue weighted by Gasteiger charge is 2.17. The lowest BCUT2D eigenvalue weighted by atomic mass is 9.96. The van der Waals surface area contributed by atoms with Gasteiger partial charge in [-0.1, -0.05) is 12.1 Å². The van der Waals surface area contributed by atoms with Crippen molar-refractivity contribution in [1.29, 1.82) is 5.26 Å². The molecule has 0 aliphatic heterocycles. The summed E-state index contributed by atoms with van der Waals surface area (Å²) in [6, 6.07) is 11.1. The van der Waals surface area contributed by atoms with Gasteiger partial charge in [-0.15, -0.1) is 11.3 Å². The molecule has 1 amide bonds. The van der Waals surface area contributed by atoms with E-state index in [4.69, 9.17) is 11.5 Å². The molecule has 2 aromatic carbocycles. The van der Waals surface area contributed by atoms with Crippen molar-refractivity contribution in [2.24, 2.45) is 16.5 Å². The van der Waals surface area contributed by atoms with Gasteiger partial charge in [-0.25, -0.2) is 4.98 Å². The van der Waals surface area contributed by atoms with Crippen LogP contribution in [0.2, 0.25) is 0 Å². The maximum atomic E-state index is 12.1. The van der Waals surface area contributed by atoms with Crippen LogP contribution in [-0.4, -0.2) is 16.9 Å². The molecule has 0 spiro atoms. The molecule has 3 rings (SSSR count). The smallest absolute Gasteiger partial charge is 0.280 e. The first-order chi connectivity index (χ1) is 11.9. The predicted molar refractivity (Wildman–Crippen MR) is 99.4 cm³/mol. The number of aromatic nitrogens is 1. The van der Waals surface area contributed by atoms with Gasteiger partial charge in [-0.2, -0.15) is 10.3 Å². The third-order valence-corrected chi connectivity index (χ3v) is 4.84. The first-order valence-corrected chi connectivity index (χ1v) is 8.27. The van der Waals surface area contributed by atoms with Crippen molar-refractivity contribution in [2.45, 2.75) is 13.8 Å². The number of carbonyl (C=O) groups is 1. The number of nitrogens with zero attached hydrogens (tertiary/aromatic N) is 3. The Balaban J connectivity index is 2.33. The second-order valence-electron chi connectivity index (χ2n) is 5.53. The molecule has 4 N–H and O–H groups in total. The summed E-state index contributed by atoms with van der Waals surface area (Å²) in [6.45, 7) is 3.83. The van der Waals surface area contributed by atoms with Crippen molar-refractivity contribution in [2.75, 3.05) is 0 Å². The molecule has 124 valence electrons.